The second kappa shape index (κ2) is 4.76. The van der Waals surface area contributed by atoms with Crippen molar-refractivity contribution in [2.75, 3.05) is 13.0 Å². The van der Waals surface area contributed by atoms with E-state index in [-0.39, 0.29) is 22.8 Å². The first-order chi connectivity index (χ1) is 7.13. The number of benzene rings is 1. The third-order valence-electron chi connectivity index (χ3n) is 1.83. The Hall–Kier alpha value is -1.60. The zero-order valence-electron chi connectivity index (χ0n) is 7.88. The molecule has 0 atom stereocenters. The highest BCUT2D eigenvalue weighted by Crippen LogP contribution is 2.22. The Kier molecular flexibility index (Phi) is 3.64. The number of ketones is 1. The highest BCUT2D eigenvalue weighted by molar-refractivity contribution is 6.30. The fraction of sp³-hybridized carbons (Fsp3) is 0.200. The molecule has 0 aliphatic carbocycles. The number of hydrogen-bond donors (Lipinski definition) is 0. The summed E-state index contributed by atoms with van der Waals surface area (Å²) in [4.78, 5) is 11.3. The Morgan fingerprint density at radius 1 is 1.67 bits per heavy atom. The number of methoxy groups -OCH3 is 1. The van der Waals surface area contributed by atoms with E-state index >= 15 is 0 Å². The average molecular weight is 228 g/mol. The lowest BCUT2D eigenvalue weighted by atomic mass is 10.0. The molecule has 0 N–H and O–H groups in total. The summed E-state index contributed by atoms with van der Waals surface area (Å²) in [6, 6.07) is 3.86. The first-order valence-electron chi connectivity index (χ1n) is 4.00. The second-order valence-corrected chi connectivity index (χ2v) is 2.97. The Balaban J connectivity index is 3.37. The van der Waals surface area contributed by atoms with Gasteiger partial charge in [0, 0.05) is 5.56 Å². The van der Waals surface area contributed by atoms with Crippen LogP contribution in [0.25, 0.3) is 0 Å². The van der Waals surface area contributed by atoms with Gasteiger partial charge in [0.1, 0.15) is 0 Å². The monoisotopic (exact) mass is 227 g/mol. The smallest absolute Gasteiger partial charge is 0.179 e. The van der Waals surface area contributed by atoms with E-state index in [4.69, 9.17) is 21.6 Å². The maximum absolute atomic E-state index is 13.2. The van der Waals surface area contributed by atoms with Crippen LogP contribution in [0.4, 0.5) is 4.39 Å². The number of carbonyl (C=O) groups excluding carboxylic acids is 1. The summed E-state index contributed by atoms with van der Waals surface area (Å²) in [5.74, 6) is -1.46. The molecule has 5 heteroatoms. The van der Waals surface area contributed by atoms with Crippen LogP contribution in [0.5, 0.6) is 5.75 Å². The lowest BCUT2D eigenvalue weighted by Gasteiger charge is -2.05. The van der Waals surface area contributed by atoms with E-state index in [1.165, 1.54) is 13.2 Å². The second-order valence-electron chi connectivity index (χ2n) is 2.70. The molecule has 78 valence electrons. The van der Waals surface area contributed by atoms with Crippen LogP contribution < -0.4 is 4.74 Å². The van der Waals surface area contributed by atoms with Crippen LogP contribution in [0.2, 0.25) is 0 Å². The number of Topliss-reactive ketones (excluding diaryl/α,β-unsaturated/α-hetero) is 1. The SMILES string of the molecule is COc1cc(C(=O)CCl)c(C#N)cc1F. The quantitative estimate of drug-likeness (QED) is 0.587. The van der Waals surface area contributed by atoms with E-state index in [0.717, 1.165) is 6.07 Å². The molecule has 0 bridgehead atoms. The number of hydrogen-bond acceptors (Lipinski definition) is 3. The lowest BCUT2D eigenvalue weighted by molar-refractivity contribution is 0.102. The van der Waals surface area contributed by atoms with Crippen molar-refractivity contribution in [1.82, 2.24) is 0 Å². The van der Waals surface area contributed by atoms with Gasteiger partial charge in [0.2, 0.25) is 0 Å². The minimum Gasteiger partial charge on any atom is -0.494 e. The zero-order valence-corrected chi connectivity index (χ0v) is 8.64. The first kappa shape index (κ1) is 11.5. The van der Waals surface area contributed by atoms with Gasteiger partial charge in [-0.3, -0.25) is 4.79 Å². The summed E-state index contributed by atoms with van der Waals surface area (Å²) in [6.07, 6.45) is 0. The minimum atomic E-state index is -0.680. The summed E-state index contributed by atoms with van der Waals surface area (Å²) in [6.45, 7) is 0. The molecule has 1 aromatic rings. The molecule has 0 saturated heterocycles. The predicted octanol–water partition coefficient (Wildman–Crippen LogP) is 2.13. The van der Waals surface area contributed by atoms with Crippen LogP contribution in [0, 0.1) is 17.1 Å². The van der Waals surface area contributed by atoms with Crippen LogP contribution >= 0.6 is 11.6 Å². The Labute approximate surface area is 91.0 Å². The van der Waals surface area contributed by atoms with E-state index < -0.39 is 11.6 Å². The molecule has 1 rings (SSSR count). The molecule has 1 aromatic carbocycles. The predicted molar refractivity (Wildman–Crippen MR) is 52.7 cm³/mol. The summed E-state index contributed by atoms with van der Waals surface area (Å²) in [7, 11) is 1.28. The molecule has 0 aliphatic heterocycles. The topological polar surface area (TPSA) is 50.1 Å². The number of nitriles is 1. The van der Waals surface area contributed by atoms with E-state index in [0.29, 0.717) is 0 Å². The Morgan fingerprint density at radius 2 is 2.33 bits per heavy atom. The van der Waals surface area contributed by atoms with Gasteiger partial charge >= 0.3 is 0 Å². The number of rotatable bonds is 3. The fourth-order valence-electron chi connectivity index (χ4n) is 1.11. The molecule has 0 saturated carbocycles. The standard InChI is InChI=1S/C10H7ClFNO2/c1-15-10-3-7(9(14)4-11)6(5-13)2-8(10)12/h2-3H,4H2,1H3. The van der Waals surface area contributed by atoms with Gasteiger partial charge < -0.3 is 4.74 Å². The molecular formula is C10H7ClFNO2. The van der Waals surface area contributed by atoms with Crippen LogP contribution in [0.15, 0.2) is 12.1 Å². The first-order valence-corrected chi connectivity index (χ1v) is 4.54. The largest absolute Gasteiger partial charge is 0.494 e. The van der Waals surface area contributed by atoms with Crippen LogP contribution in [0.1, 0.15) is 15.9 Å². The Morgan fingerprint density at radius 3 is 2.80 bits per heavy atom. The minimum absolute atomic E-state index is 0.0426. The van der Waals surface area contributed by atoms with Crippen molar-refractivity contribution >= 4 is 17.4 Å². The number of nitrogens with zero attached hydrogens (tertiary/aromatic N) is 1. The molecule has 3 nitrogen and oxygen atoms in total. The van der Waals surface area contributed by atoms with Crippen molar-refractivity contribution < 1.29 is 13.9 Å². The van der Waals surface area contributed by atoms with Gasteiger partial charge in [-0.2, -0.15) is 5.26 Å². The maximum Gasteiger partial charge on any atom is 0.179 e. The summed E-state index contributed by atoms with van der Waals surface area (Å²) in [5.41, 5.74) is 0.0321. The summed E-state index contributed by atoms with van der Waals surface area (Å²) < 4.78 is 17.9. The molecule has 0 spiro atoms. The molecule has 0 unspecified atom stereocenters. The van der Waals surface area contributed by atoms with E-state index in [9.17, 15) is 9.18 Å². The molecule has 0 aromatic heterocycles. The summed E-state index contributed by atoms with van der Waals surface area (Å²) >= 11 is 5.36. The number of carbonyl (C=O) groups is 1. The lowest BCUT2D eigenvalue weighted by Crippen LogP contribution is -2.05. The molecule has 15 heavy (non-hydrogen) atoms. The van der Waals surface area contributed by atoms with Crippen molar-refractivity contribution in [3.05, 3.63) is 29.1 Å². The molecule has 0 fully saturated rings. The van der Waals surface area contributed by atoms with Crippen molar-refractivity contribution in [3.63, 3.8) is 0 Å². The van der Waals surface area contributed by atoms with Crippen LogP contribution in [-0.2, 0) is 0 Å². The van der Waals surface area contributed by atoms with Crippen molar-refractivity contribution in [2.24, 2.45) is 0 Å². The molecule has 0 heterocycles. The molecular weight excluding hydrogens is 221 g/mol. The van der Waals surface area contributed by atoms with E-state index in [1.54, 1.807) is 6.07 Å². The van der Waals surface area contributed by atoms with Gasteiger partial charge in [-0.1, -0.05) is 0 Å². The summed E-state index contributed by atoms with van der Waals surface area (Å²) in [5, 5.41) is 8.70. The van der Waals surface area contributed by atoms with Crippen LogP contribution in [-0.4, -0.2) is 18.8 Å². The maximum atomic E-state index is 13.2. The van der Waals surface area contributed by atoms with Gasteiger partial charge in [-0.15, -0.1) is 11.6 Å². The van der Waals surface area contributed by atoms with Gasteiger partial charge in [-0.25, -0.2) is 4.39 Å². The zero-order chi connectivity index (χ0) is 11.4. The number of halogens is 2. The highest BCUT2D eigenvalue weighted by atomic mass is 35.5. The normalized spacial score (nSPS) is 9.47. The van der Waals surface area contributed by atoms with Crippen molar-refractivity contribution in [1.29, 1.82) is 5.26 Å². The fourth-order valence-corrected chi connectivity index (χ4v) is 1.25. The van der Waals surface area contributed by atoms with E-state index in [1.807, 2.05) is 0 Å². The molecule has 0 amide bonds. The van der Waals surface area contributed by atoms with Gasteiger partial charge in [0.25, 0.3) is 0 Å². The highest BCUT2D eigenvalue weighted by Gasteiger charge is 2.15. The third-order valence-corrected chi connectivity index (χ3v) is 2.08. The number of alkyl halides is 1. The molecule has 0 aliphatic rings. The van der Waals surface area contributed by atoms with E-state index in [2.05, 4.69) is 0 Å². The molecule has 0 radical (unpaired) electrons. The average Bonchev–Trinajstić information content (AvgIpc) is 2.27. The Bertz CT molecular complexity index is 440. The third kappa shape index (κ3) is 2.25. The van der Waals surface area contributed by atoms with Crippen LogP contribution in [0.3, 0.4) is 0 Å². The van der Waals surface area contributed by atoms with Crippen molar-refractivity contribution in [3.8, 4) is 11.8 Å². The van der Waals surface area contributed by atoms with Gasteiger partial charge in [-0.05, 0) is 12.1 Å². The van der Waals surface area contributed by atoms with Gasteiger partial charge in [0.05, 0.1) is 24.6 Å². The van der Waals surface area contributed by atoms with Gasteiger partial charge in [0.15, 0.2) is 17.3 Å². The number of ether oxygens (including phenoxy) is 1. The van der Waals surface area contributed by atoms with Crippen molar-refractivity contribution in [2.45, 2.75) is 0 Å².